The minimum absolute atomic E-state index is 0.000153. The lowest BCUT2D eigenvalue weighted by molar-refractivity contribution is 0.0527. The number of azo groups is 1. The van der Waals surface area contributed by atoms with Crippen LogP contribution in [0.25, 0.3) is 0 Å². The second-order valence-electron chi connectivity index (χ2n) is 6.55. The third kappa shape index (κ3) is 5.29. The molecule has 0 aliphatic carbocycles. The molecule has 1 aromatic heterocycles. The van der Waals surface area contributed by atoms with Crippen LogP contribution in [-0.4, -0.2) is 29.7 Å². The van der Waals surface area contributed by atoms with Crippen LogP contribution >= 0.6 is 11.3 Å². The number of rotatable bonds is 7. The van der Waals surface area contributed by atoms with Crippen molar-refractivity contribution in [3.8, 4) is 5.75 Å². The van der Waals surface area contributed by atoms with E-state index in [1.165, 1.54) is 19.2 Å². The van der Waals surface area contributed by atoms with Crippen LogP contribution in [0.5, 0.6) is 5.75 Å². The van der Waals surface area contributed by atoms with Crippen molar-refractivity contribution in [1.82, 2.24) is 0 Å². The Morgan fingerprint density at radius 1 is 1.10 bits per heavy atom. The average molecular weight is 436 g/mol. The molecule has 7 nitrogen and oxygen atoms in total. The van der Waals surface area contributed by atoms with Crippen molar-refractivity contribution in [1.29, 1.82) is 0 Å². The molecule has 3 rings (SSSR count). The summed E-state index contributed by atoms with van der Waals surface area (Å²) in [6, 6.07) is 14.0. The molecule has 0 amide bonds. The van der Waals surface area contributed by atoms with E-state index in [1.807, 2.05) is 30.3 Å². The molecule has 0 saturated heterocycles. The Labute approximate surface area is 183 Å². The predicted octanol–water partition coefficient (Wildman–Crippen LogP) is 6.31. The van der Waals surface area contributed by atoms with Crippen LogP contribution in [0.4, 0.5) is 16.4 Å². The predicted molar refractivity (Wildman–Crippen MR) is 121 cm³/mol. The van der Waals surface area contributed by atoms with Gasteiger partial charge in [-0.2, -0.15) is 10.2 Å². The molecule has 0 unspecified atom stereocenters. The third-order valence-electron chi connectivity index (χ3n) is 4.30. The first-order chi connectivity index (χ1) is 14.9. The molecule has 2 aromatic carbocycles. The lowest BCUT2D eigenvalue weighted by atomic mass is 10.1. The fourth-order valence-corrected chi connectivity index (χ4v) is 3.85. The molecular formula is C23H21N3O4S. The number of carbonyl (C=O) groups excluding carboxylic acids is 2. The highest BCUT2D eigenvalue weighted by atomic mass is 32.1. The molecule has 0 atom stereocenters. The first kappa shape index (κ1) is 22.0. The molecule has 158 valence electrons. The SMILES string of the molecule is CCOC(=O)c1c(/N=C/c2cc(N=Nc3ccccc3)ccc2O)sc(C(C)=O)c1C. The highest BCUT2D eigenvalue weighted by molar-refractivity contribution is 7.18. The van der Waals surface area contributed by atoms with Gasteiger partial charge in [-0.1, -0.05) is 18.2 Å². The highest BCUT2D eigenvalue weighted by Gasteiger charge is 2.23. The lowest BCUT2D eigenvalue weighted by Crippen LogP contribution is -2.06. The molecule has 3 aromatic rings. The second kappa shape index (κ2) is 9.90. The number of nitrogens with zero attached hydrogens (tertiary/aromatic N) is 3. The lowest BCUT2D eigenvalue weighted by Gasteiger charge is -2.03. The molecule has 0 fully saturated rings. The van der Waals surface area contributed by atoms with Gasteiger partial charge in [-0.3, -0.25) is 4.79 Å². The number of benzene rings is 2. The van der Waals surface area contributed by atoms with Crippen molar-refractivity contribution in [3.05, 3.63) is 70.1 Å². The molecule has 0 bridgehead atoms. The van der Waals surface area contributed by atoms with Gasteiger partial charge >= 0.3 is 5.97 Å². The van der Waals surface area contributed by atoms with Gasteiger partial charge in [0.15, 0.2) is 5.78 Å². The summed E-state index contributed by atoms with van der Waals surface area (Å²) in [4.78, 5) is 29.1. The van der Waals surface area contributed by atoms with Gasteiger partial charge < -0.3 is 9.84 Å². The minimum atomic E-state index is -0.537. The summed E-state index contributed by atoms with van der Waals surface area (Å²) in [5.41, 5.74) is 2.43. The fourth-order valence-electron chi connectivity index (χ4n) is 2.81. The van der Waals surface area contributed by atoms with Crippen molar-refractivity contribution in [2.75, 3.05) is 6.61 Å². The average Bonchev–Trinajstić information content (AvgIpc) is 3.09. The number of hydrogen-bond acceptors (Lipinski definition) is 8. The van der Waals surface area contributed by atoms with E-state index < -0.39 is 5.97 Å². The second-order valence-corrected chi connectivity index (χ2v) is 7.55. The number of hydrogen-bond donors (Lipinski definition) is 1. The van der Waals surface area contributed by atoms with Crippen LogP contribution in [-0.2, 0) is 4.74 Å². The molecule has 1 N–H and O–H groups in total. The van der Waals surface area contributed by atoms with E-state index in [0.29, 0.717) is 32.4 Å². The molecule has 1 heterocycles. The van der Waals surface area contributed by atoms with Crippen LogP contribution in [0.1, 0.15) is 45.0 Å². The first-order valence-electron chi connectivity index (χ1n) is 9.56. The standard InChI is InChI=1S/C23H21N3O4S/c1-4-30-23(29)20-14(2)21(15(3)27)31-22(20)24-13-16-12-18(10-11-19(16)28)26-25-17-8-6-5-7-9-17/h5-13,28H,4H2,1-3H3/b24-13+,26-25?. The summed E-state index contributed by atoms with van der Waals surface area (Å²) < 4.78 is 5.12. The van der Waals surface area contributed by atoms with Gasteiger partial charge in [-0.25, -0.2) is 9.79 Å². The zero-order valence-electron chi connectivity index (χ0n) is 17.3. The molecule has 0 radical (unpaired) electrons. The number of aromatic hydroxyl groups is 1. The van der Waals surface area contributed by atoms with Crippen molar-refractivity contribution in [2.24, 2.45) is 15.2 Å². The van der Waals surface area contributed by atoms with E-state index in [9.17, 15) is 14.7 Å². The number of Topliss-reactive ketones (excluding diaryl/α,β-unsaturated/α-hetero) is 1. The number of phenols is 1. The Kier molecular flexibility index (Phi) is 7.04. The summed E-state index contributed by atoms with van der Waals surface area (Å²) >= 11 is 1.11. The van der Waals surface area contributed by atoms with Crippen molar-refractivity contribution in [2.45, 2.75) is 20.8 Å². The van der Waals surface area contributed by atoms with E-state index in [2.05, 4.69) is 15.2 Å². The summed E-state index contributed by atoms with van der Waals surface area (Å²) in [7, 11) is 0. The zero-order valence-corrected chi connectivity index (χ0v) is 18.1. The Balaban J connectivity index is 1.94. The maximum absolute atomic E-state index is 12.4. The monoisotopic (exact) mass is 435 g/mol. The van der Waals surface area contributed by atoms with E-state index in [-0.39, 0.29) is 23.7 Å². The van der Waals surface area contributed by atoms with Crippen molar-refractivity contribution >= 4 is 45.7 Å². The topological polar surface area (TPSA) is 101 Å². The van der Waals surface area contributed by atoms with Crippen LogP contribution in [0, 0.1) is 6.92 Å². The van der Waals surface area contributed by atoms with Gasteiger partial charge in [0, 0.05) is 11.8 Å². The van der Waals surface area contributed by atoms with Gasteiger partial charge in [0.2, 0.25) is 0 Å². The van der Waals surface area contributed by atoms with E-state index in [1.54, 1.807) is 26.0 Å². The number of aliphatic imine (C=N–C) groups is 1. The molecule has 0 aliphatic rings. The molecule has 0 spiro atoms. The van der Waals surface area contributed by atoms with Gasteiger partial charge in [0.25, 0.3) is 0 Å². The molecule has 31 heavy (non-hydrogen) atoms. The van der Waals surface area contributed by atoms with Gasteiger partial charge in [-0.15, -0.1) is 11.3 Å². The number of carbonyl (C=O) groups is 2. The maximum atomic E-state index is 12.4. The number of ketones is 1. The minimum Gasteiger partial charge on any atom is -0.507 e. The van der Waals surface area contributed by atoms with Crippen LogP contribution in [0.3, 0.4) is 0 Å². The summed E-state index contributed by atoms with van der Waals surface area (Å²) in [6.45, 7) is 5.05. The first-order valence-corrected chi connectivity index (χ1v) is 10.4. The summed E-state index contributed by atoms with van der Waals surface area (Å²) in [5, 5.41) is 18.9. The molecule has 0 saturated carbocycles. The normalized spacial score (nSPS) is 11.3. The van der Waals surface area contributed by atoms with E-state index >= 15 is 0 Å². The van der Waals surface area contributed by atoms with Crippen molar-refractivity contribution in [3.63, 3.8) is 0 Å². The van der Waals surface area contributed by atoms with Crippen molar-refractivity contribution < 1.29 is 19.4 Å². The van der Waals surface area contributed by atoms with Gasteiger partial charge in [0.05, 0.1) is 28.4 Å². The molecule has 8 heteroatoms. The highest BCUT2D eigenvalue weighted by Crippen LogP contribution is 2.36. The summed E-state index contributed by atoms with van der Waals surface area (Å²) in [5.74, 6) is -0.689. The van der Waals surface area contributed by atoms with Crippen LogP contribution < -0.4 is 0 Å². The Morgan fingerprint density at radius 3 is 2.48 bits per heavy atom. The zero-order chi connectivity index (χ0) is 22.4. The number of esters is 1. The largest absolute Gasteiger partial charge is 0.507 e. The number of phenolic OH excluding ortho intramolecular Hbond substituents is 1. The third-order valence-corrected chi connectivity index (χ3v) is 5.60. The Morgan fingerprint density at radius 2 is 1.81 bits per heavy atom. The Bertz CT molecular complexity index is 1170. The van der Waals surface area contributed by atoms with Gasteiger partial charge in [-0.05, 0) is 56.7 Å². The maximum Gasteiger partial charge on any atom is 0.341 e. The Hall–Kier alpha value is -3.65. The number of ether oxygens (including phenoxy) is 1. The van der Waals surface area contributed by atoms with E-state index in [0.717, 1.165) is 11.3 Å². The molecule has 0 aliphatic heterocycles. The smallest absolute Gasteiger partial charge is 0.341 e. The van der Waals surface area contributed by atoms with Crippen LogP contribution in [0.15, 0.2) is 63.8 Å². The summed E-state index contributed by atoms with van der Waals surface area (Å²) in [6.07, 6.45) is 1.43. The van der Waals surface area contributed by atoms with Crippen LogP contribution in [0.2, 0.25) is 0 Å². The van der Waals surface area contributed by atoms with Gasteiger partial charge in [0.1, 0.15) is 10.8 Å². The quantitative estimate of drug-likeness (QED) is 0.203. The fraction of sp³-hybridized carbons (Fsp3) is 0.174. The number of thiophene rings is 1. The molecular weight excluding hydrogens is 414 g/mol. The van der Waals surface area contributed by atoms with E-state index in [4.69, 9.17) is 4.74 Å².